The first-order chi connectivity index (χ1) is 12.1. The van der Waals surface area contributed by atoms with Crippen molar-refractivity contribution in [2.75, 3.05) is 11.8 Å². The van der Waals surface area contributed by atoms with Crippen molar-refractivity contribution in [2.24, 2.45) is 0 Å². The van der Waals surface area contributed by atoms with Crippen LogP contribution in [0, 0.1) is 18.6 Å². The average molecular weight is 385 g/mol. The van der Waals surface area contributed by atoms with Crippen LogP contribution in [0.25, 0.3) is 0 Å². The maximum atomic E-state index is 13.9. The van der Waals surface area contributed by atoms with Crippen molar-refractivity contribution in [1.29, 1.82) is 0 Å². The second kappa shape index (κ2) is 7.08. The SMILES string of the molecule is COC(=O)c1c(F)cc(NS(=O)(=O)c2ccc(C(=O)O)cc2C)cc1F. The highest BCUT2D eigenvalue weighted by atomic mass is 32.2. The van der Waals surface area contributed by atoms with Crippen molar-refractivity contribution in [3.05, 3.63) is 58.7 Å². The van der Waals surface area contributed by atoms with E-state index in [2.05, 4.69) is 4.74 Å². The molecule has 0 heterocycles. The number of esters is 1. The van der Waals surface area contributed by atoms with Gasteiger partial charge in [0.2, 0.25) is 0 Å². The number of anilines is 1. The number of rotatable bonds is 5. The molecule has 7 nitrogen and oxygen atoms in total. The van der Waals surface area contributed by atoms with Gasteiger partial charge in [-0.15, -0.1) is 0 Å². The van der Waals surface area contributed by atoms with Crippen LogP contribution in [0.4, 0.5) is 14.5 Å². The average Bonchev–Trinajstić information content (AvgIpc) is 2.52. The van der Waals surface area contributed by atoms with Gasteiger partial charge in [0.25, 0.3) is 10.0 Å². The lowest BCUT2D eigenvalue weighted by Gasteiger charge is -2.12. The monoisotopic (exact) mass is 385 g/mol. The summed E-state index contributed by atoms with van der Waals surface area (Å²) < 4.78 is 58.9. The van der Waals surface area contributed by atoms with E-state index >= 15 is 0 Å². The molecular formula is C16H13F2NO6S. The van der Waals surface area contributed by atoms with Crippen molar-refractivity contribution >= 4 is 27.6 Å². The number of ether oxygens (including phenoxy) is 1. The number of nitrogens with one attached hydrogen (secondary N) is 1. The smallest absolute Gasteiger partial charge is 0.343 e. The number of carboxylic acid groups (broad SMARTS) is 1. The van der Waals surface area contributed by atoms with E-state index in [1.54, 1.807) is 0 Å². The highest BCUT2D eigenvalue weighted by molar-refractivity contribution is 7.92. The number of methoxy groups -OCH3 is 1. The van der Waals surface area contributed by atoms with Crippen molar-refractivity contribution in [2.45, 2.75) is 11.8 Å². The number of aryl methyl sites for hydroxylation is 1. The van der Waals surface area contributed by atoms with Gasteiger partial charge in [0.05, 0.1) is 23.3 Å². The molecule has 26 heavy (non-hydrogen) atoms. The number of halogens is 2. The van der Waals surface area contributed by atoms with Crippen LogP contribution in [0.5, 0.6) is 0 Å². The Labute approximate surface area is 147 Å². The number of hydrogen-bond donors (Lipinski definition) is 2. The second-order valence-corrected chi connectivity index (χ2v) is 6.85. The van der Waals surface area contributed by atoms with Crippen LogP contribution < -0.4 is 4.72 Å². The van der Waals surface area contributed by atoms with Crippen LogP contribution in [0.2, 0.25) is 0 Å². The molecule has 0 fully saturated rings. The fraction of sp³-hybridized carbons (Fsp3) is 0.125. The largest absolute Gasteiger partial charge is 0.478 e. The summed E-state index contributed by atoms with van der Waals surface area (Å²) >= 11 is 0. The van der Waals surface area contributed by atoms with Crippen molar-refractivity contribution in [1.82, 2.24) is 0 Å². The first-order valence-corrected chi connectivity index (χ1v) is 8.49. The standard InChI is InChI=1S/C16H13F2NO6S/c1-8-5-9(15(20)21)3-4-13(8)26(23,24)19-10-6-11(17)14(12(18)7-10)16(22)25-2/h3-7,19H,1-2H3,(H,20,21). The minimum absolute atomic E-state index is 0.110. The molecular weight excluding hydrogens is 372 g/mol. The molecule has 2 N–H and O–H groups in total. The van der Waals surface area contributed by atoms with Gasteiger partial charge in [-0.3, -0.25) is 4.72 Å². The molecule has 2 aromatic rings. The third-order valence-corrected chi connectivity index (χ3v) is 4.94. The minimum Gasteiger partial charge on any atom is -0.478 e. The van der Waals surface area contributed by atoms with E-state index in [0.29, 0.717) is 12.1 Å². The molecule has 0 bridgehead atoms. The lowest BCUT2D eigenvalue weighted by atomic mass is 10.1. The highest BCUT2D eigenvalue weighted by Crippen LogP contribution is 2.24. The fourth-order valence-electron chi connectivity index (χ4n) is 2.22. The van der Waals surface area contributed by atoms with Gasteiger partial charge in [-0.1, -0.05) is 0 Å². The number of hydrogen-bond acceptors (Lipinski definition) is 5. The summed E-state index contributed by atoms with van der Waals surface area (Å²) in [6, 6.07) is 4.57. The molecule has 2 aromatic carbocycles. The lowest BCUT2D eigenvalue weighted by molar-refractivity contribution is 0.0589. The predicted molar refractivity (Wildman–Crippen MR) is 86.6 cm³/mol. The molecule has 10 heteroatoms. The maximum Gasteiger partial charge on any atom is 0.343 e. The highest BCUT2D eigenvalue weighted by Gasteiger charge is 2.23. The predicted octanol–water partition coefficient (Wildman–Crippen LogP) is 2.56. The molecule has 138 valence electrons. The number of benzene rings is 2. The molecule has 0 radical (unpaired) electrons. The zero-order chi connectivity index (χ0) is 19.6. The summed E-state index contributed by atoms with van der Waals surface area (Å²) in [4.78, 5) is 22.0. The lowest BCUT2D eigenvalue weighted by Crippen LogP contribution is -2.16. The zero-order valence-electron chi connectivity index (χ0n) is 13.5. The Morgan fingerprint density at radius 2 is 1.69 bits per heavy atom. The van der Waals surface area contributed by atoms with Gasteiger partial charge in [-0.25, -0.2) is 26.8 Å². The molecule has 0 saturated heterocycles. The molecule has 2 rings (SSSR count). The number of sulfonamides is 1. The summed E-state index contributed by atoms with van der Waals surface area (Å²) in [5, 5.41) is 8.90. The van der Waals surface area contributed by atoms with Crippen LogP contribution >= 0.6 is 0 Å². The minimum atomic E-state index is -4.25. The van der Waals surface area contributed by atoms with E-state index in [0.717, 1.165) is 25.3 Å². The van der Waals surface area contributed by atoms with Gasteiger partial charge in [0.15, 0.2) is 0 Å². The van der Waals surface area contributed by atoms with Crippen LogP contribution in [-0.2, 0) is 14.8 Å². The van der Waals surface area contributed by atoms with Crippen LogP contribution in [0.1, 0.15) is 26.3 Å². The van der Waals surface area contributed by atoms with E-state index in [4.69, 9.17) is 5.11 Å². The molecule has 0 aromatic heterocycles. The van der Waals surface area contributed by atoms with Crippen molar-refractivity contribution in [3.63, 3.8) is 0 Å². The summed E-state index contributed by atoms with van der Waals surface area (Å²) in [7, 11) is -3.31. The van der Waals surface area contributed by atoms with Gasteiger partial charge in [0.1, 0.15) is 17.2 Å². The Hall–Kier alpha value is -3.01. The van der Waals surface area contributed by atoms with Crippen LogP contribution in [-0.4, -0.2) is 32.6 Å². The van der Waals surface area contributed by atoms with Gasteiger partial charge in [0, 0.05) is 0 Å². The molecule has 0 amide bonds. The van der Waals surface area contributed by atoms with Crippen LogP contribution in [0.3, 0.4) is 0 Å². The second-order valence-electron chi connectivity index (χ2n) is 5.20. The molecule has 0 spiro atoms. The van der Waals surface area contributed by atoms with Crippen LogP contribution in [0.15, 0.2) is 35.2 Å². The number of aromatic carboxylic acids is 1. The fourth-order valence-corrected chi connectivity index (χ4v) is 3.49. The van der Waals surface area contributed by atoms with E-state index in [1.807, 2.05) is 4.72 Å². The van der Waals surface area contributed by atoms with E-state index in [1.165, 1.54) is 6.92 Å². The quantitative estimate of drug-likeness (QED) is 0.766. The molecule has 0 aliphatic heterocycles. The number of carboxylic acids is 1. The first-order valence-electron chi connectivity index (χ1n) is 7.01. The Kier molecular flexibility index (Phi) is 5.26. The third kappa shape index (κ3) is 3.80. The molecule has 0 saturated carbocycles. The molecule has 0 aliphatic rings. The van der Waals surface area contributed by atoms with E-state index in [-0.39, 0.29) is 16.0 Å². The Balaban J connectivity index is 2.41. The summed E-state index contributed by atoms with van der Waals surface area (Å²) in [6.07, 6.45) is 0. The van der Waals surface area contributed by atoms with Crippen molar-refractivity contribution < 1.29 is 36.6 Å². The topological polar surface area (TPSA) is 110 Å². The van der Waals surface area contributed by atoms with Gasteiger partial charge in [-0.2, -0.15) is 0 Å². The Bertz CT molecular complexity index is 981. The first kappa shape index (κ1) is 19.3. The van der Waals surface area contributed by atoms with Gasteiger partial charge in [-0.05, 0) is 42.8 Å². The Morgan fingerprint density at radius 1 is 1.12 bits per heavy atom. The molecule has 0 unspecified atom stereocenters. The molecule has 0 aliphatic carbocycles. The summed E-state index contributed by atoms with van der Waals surface area (Å²) in [5.41, 5.74) is -1.38. The zero-order valence-corrected chi connectivity index (χ0v) is 14.4. The summed E-state index contributed by atoms with van der Waals surface area (Å²) in [6.45, 7) is 1.38. The van der Waals surface area contributed by atoms with Crippen molar-refractivity contribution in [3.8, 4) is 0 Å². The van der Waals surface area contributed by atoms with Gasteiger partial charge < -0.3 is 9.84 Å². The Morgan fingerprint density at radius 3 is 2.15 bits per heavy atom. The van der Waals surface area contributed by atoms with E-state index < -0.39 is 44.8 Å². The number of carbonyl (C=O) groups excluding carboxylic acids is 1. The maximum absolute atomic E-state index is 13.9. The van der Waals surface area contributed by atoms with E-state index in [9.17, 15) is 26.8 Å². The third-order valence-electron chi connectivity index (χ3n) is 3.40. The van der Waals surface area contributed by atoms with Gasteiger partial charge >= 0.3 is 11.9 Å². The summed E-state index contributed by atoms with van der Waals surface area (Å²) in [5.74, 6) is -5.07. The number of carbonyl (C=O) groups is 2. The molecule has 0 atom stereocenters. The normalized spacial score (nSPS) is 11.1.